The Bertz CT molecular complexity index is 735. The first-order chi connectivity index (χ1) is 12.2. The minimum Gasteiger partial charge on any atom is -0.345 e. The number of hydrogen-bond donors (Lipinski definition) is 2. The standard InChI is InChI=1S/C23H40N4/c1-15(2)16(17-13-24-19(26-17)21(3,4)5)11-12-23(9,10)18-14-25-20(27-18)22(6,7)8/h13-16H,11-12H2,1-10H3,(H,24,26)(H,25,27)/t16-/m0/s1. The quantitative estimate of drug-likeness (QED) is 0.632. The lowest BCUT2D eigenvalue weighted by molar-refractivity contribution is 0.374. The van der Waals surface area contributed by atoms with E-state index in [0.29, 0.717) is 11.8 Å². The molecule has 0 aromatic carbocycles. The molecule has 0 radical (unpaired) electrons. The summed E-state index contributed by atoms with van der Waals surface area (Å²) in [5.74, 6) is 3.19. The van der Waals surface area contributed by atoms with Gasteiger partial charge in [-0.15, -0.1) is 0 Å². The molecule has 0 spiro atoms. The van der Waals surface area contributed by atoms with Crippen LogP contribution in [0.15, 0.2) is 12.4 Å². The second kappa shape index (κ2) is 7.44. The van der Waals surface area contributed by atoms with E-state index in [-0.39, 0.29) is 16.2 Å². The van der Waals surface area contributed by atoms with Gasteiger partial charge in [0.25, 0.3) is 0 Å². The van der Waals surface area contributed by atoms with E-state index in [9.17, 15) is 0 Å². The zero-order valence-electron chi connectivity index (χ0n) is 19.1. The Balaban J connectivity index is 2.15. The fourth-order valence-electron chi connectivity index (χ4n) is 3.45. The van der Waals surface area contributed by atoms with Crippen molar-refractivity contribution in [2.45, 2.75) is 104 Å². The van der Waals surface area contributed by atoms with Gasteiger partial charge >= 0.3 is 0 Å². The molecule has 0 amide bonds. The van der Waals surface area contributed by atoms with Crippen molar-refractivity contribution in [3.63, 3.8) is 0 Å². The van der Waals surface area contributed by atoms with Crippen LogP contribution < -0.4 is 0 Å². The molecular weight excluding hydrogens is 332 g/mol. The Kier molecular flexibility index (Phi) is 5.99. The molecular formula is C23H40N4. The van der Waals surface area contributed by atoms with Gasteiger partial charge in [0, 0.05) is 45.9 Å². The van der Waals surface area contributed by atoms with Gasteiger partial charge in [0.2, 0.25) is 0 Å². The van der Waals surface area contributed by atoms with Crippen molar-refractivity contribution in [2.24, 2.45) is 5.92 Å². The van der Waals surface area contributed by atoms with E-state index >= 15 is 0 Å². The summed E-state index contributed by atoms with van der Waals surface area (Å²) in [7, 11) is 0. The third kappa shape index (κ3) is 5.24. The molecule has 0 fully saturated rings. The molecule has 2 N–H and O–H groups in total. The number of nitrogens with one attached hydrogen (secondary N) is 2. The summed E-state index contributed by atoms with van der Waals surface area (Å²) in [5, 5.41) is 0. The average Bonchev–Trinajstić information content (AvgIpc) is 3.15. The Hall–Kier alpha value is -1.58. The van der Waals surface area contributed by atoms with E-state index < -0.39 is 0 Å². The first kappa shape index (κ1) is 21.7. The van der Waals surface area contributed by atoms with E-state index in [1.807, 2.05) is 12.4 Å². The molecule has 0 aliphatic heterocycles. The molecule has 2 rings (SSSR count). The van der Waals surface area contributed by atoms with E-state index in [0.717, 1.165) is 24.5 Å². The predicted octanol–water partition coefficient (Wildman–Crippen LogP) is 6.23. The monoisotopic (exact) mass is 372 g/mol. The molecule has 2 aromatic rings. The van der Waals surface area contributed by atoms with Gasteiger partial charge in [-0.25, -0.2) is 9.97 Å². The van der Waals surface area contributed by atoms with Gasteiger partial charge < -0.3 is 9.97 Å². The molecule has 27 heavy (non-hydrogen) atoms. The summed E-state index contributed by atoms with van der Waals surface area (Å²) < 4.78 is 0. The van der Waals surface area contributed by atoms with E-state index in [1.165, 1.54) is 11.4 Å². The van der Waals surface area contributed by atoms with Gasteiger partial charge in [-0.2, -0.15) is 0 Å². The van der Waals surface area contributed by atoms with Crippen LogP contribution in [-0.2, 0) is 16.2 Å². The van der Waals surface area contributed by atoms with Crippen LogP contribution >= 0.6 is 0 Å². The summed E-state index contributed by atoms with van der Waals surface area (Å²) in [6.07, 6.45) is 6.30. The normalized spacial score (nSPS) is 14.8. The molecule has 152 valence electrons. The molecule has 1 atom stereocenters. The lowest BCUT2D eigenvalue weighted by atomic mass is 9.79. The van der Waals surface area contributed by atoms with Gasteiger partial charge in [-0.3, -0.25) is 0 Å². The highest BCUT2D eigenvalue weighted by molar-refractivity contribution is 5.18. The fraction of sp³-hybridized carbons (Fsp3) is 0.739. The smallest absolute Gasteiger partial charge is 0.111 e. The summed E-state index contributed by atoms with van der Waals surface area (Å²) in [4.78, 5) is 16.5. The Morgan fingerprint density at radius 3 is 1.78 bits per heavy atom. The maximum atomic E-state index is 4.65. The lowest BCUT2D eigenvalue weighted by Crippen LogP contribution is -2.21. The van der Waals surface area contributed by atoms with Crippen LogP contribution in [0.1, 0.15) is 111 Å². The molecule has 0 unspecified atom stereocenters. The number of hydrogen-bond acceptors (Lipinski definition) is 2. The molecule has 0 aliphatic carbocycles. The summed E-state index contributed by atoms with van der Waals surface area (Å²) in [6.45, 7) is 22.5. The number of nitrogens with zero attached hydrogens (tertiary/aromatic N) is 2. The zero-order chi connectivity index (χ0) is 20.6. The maximum Gasteiger partial charge on any atom is 0.111 e. The second-order valence-corrected chi connectivity index (χ2v) is 11.1. The van der Waals surface area contributed by atoms with Crippen LogP contribution in [0, 0.1) is 5.92 Å². The topological polar surface area (TPSA) is 57.4 Å². The summed E-state index contributed by atoms with van der Waals surface area (Å²) in [5.41, 5.74) is 2.67. The number of H-pyrrole nitrogens is 2. The molecule has 4 nitrogen and oxygen atoms in total. The van der Waals surface area contributed by atoms with Gasteiger partial charge in [-0.05, 0) is 18.8 Å². The van der Waals surface area contributed by atoms with Crippen molar-refractivity contribution in [1.82, 2.24) is 19.9 Å². The van der Waals surface area contributed by atoms with Crippen molar-refractivity contribution < 1.29 is 0 Å². The maximum absolute atomic E-state index is 4.65. The minimum absolute atomic E-state index is 0.0497. The molecule has 0 saturated heterocycles. The van der Waals surface area contributed by atoms with Crippen LogP contribution in [0.25, 0.3) is 0 Å². The number of aromatic amines is 2. The third-order valence-corrected chi connectivity index (χ3v) is 5.61. The molecule has 2 aromatic heterocycles. The number of imidazole rings is 2. The Labute approximate surface area is 166 Å². The molecule has 0 saturated carbocycles. The van der Waals surface area contributed by atoms with Crippen LogP contribution in [-0.4, -0.2) is 19.9 Å². The summed E-state index contributed by atoms with van der Waals surface area (Å²) >= 11 is 0. The average molecular weight is 373 g/mol. The first-order valence-electron chi connectivity index (χ1n) is 10.3. The highest BCUT2D eigenvalue weighted by atomic mass is 14.9. The van der Waals surface area contributed by atoms with Crippen LogP contribution in [0.4, 0.5) is 0 Å². The van der Waals surface area contributed by atoms with E-state index in [1.54, 1.807) is 0 Å². The summed E-state index contributed by atoms with van der Waals surface area (Å²) in [6, 6.07) is 0. The van der Waals surface area contributed by atoms with Crippen molar-refractivity contribution >= 4 is 0 Å². The molecule has 2 heterocycles. The van der Waals surface area contributed by atoms with E-state index in [4.69, 9.17) is 0 Å². The van der Waals surface area contributed by atoms with Crippen LogP contribution in [0.5, 0.6) is 0 Å². The molecule has 0 bridgehead atoms. The van der Waals surface area contributed by atoms with Gasteiger partial charge in [-0.1, -0.05) is 69.2 Å². The van der Waals surface area contributed by atoms with Crippen molar-refractivity contribution in [1.29, 1.82) is 0 Å². The van der Waals surface area contributed by atoms with Gasteiger partial charge in [0.15, 0.2) is 0 Å². The van der Waals surface area contributed by atoms with Gasteiger partial charge in [0.1, 0.15) is 11.6 Å². The zero-order valence-corrected chi connectivity index (χ0v) is 19.1. The highest BCUT2D eigenvalue weighted by Crippen LogP contribution is 2.36. The molecule has 4 heteroatoms. The Morgan fingerprint density at radius 1 is 0.815 bits per heavy atom. The Morgan fingerprint density at radius 2 is 1.33 bits per heavy atom. The minimum atomic E-state index is 0.0497. The van der Waals surface area contributed by atoms with Crippen LogP contribution in [0.3, 0.4) is 0 Å². The second-order valence-electron chi connectivity index (χ2n) is 11.1. The fourth-order valence-corrected chi connectivity index (χ4v) is 3.45. The van der Waals surface area contributed by atoms with Crippen molar-refractivity contribution in [3.05, 3.63) is 35.4 Å². The number of rotatable bonds is 6. The highest BCUT2D eigenvalue weighted by Gasteiger charge is 2.29. The van der Waals surface area contributed by atoms with Crippen molar-refractivity contribution in [3.8, 4) is 0 Å². The van der Waals surface area contributed by atoms with Gasteiger partial charge in [0.05, 0.1) is 0 Å². The lowest BCUT2D eigenvalue weighted by Gasteiger charge is -2.28. The third-order valence-electron chi connectivity index (χ3n) is 5.61. The van der Waals surface area contributed by atoms with E-state index in [2.05, 4.69) is 89.2 Å². The molecule has 0 aliphatic rings. The largest absolute Gasteiger partial charge is 0.345 e. The predicted molar refractivity (Wildman–Crippen MR) is 114 cm³/mol. The first-order valence-corrected chi connectivity index (χ1v) is 10.3. The number of aromatic nitrogens is 4. The SMILES string of the molecule is CC(C)[C@H](CCC(C)(C)c1cnc(C(C)(C)C)[nH]1)c1cnc(C(C)(C)C)[nH]1. The van der Waals surface area contributed by atoms with Crippen LogP contribution in [0.2, 0.25) is 0 Å². The van der Waals surface area contributed by atoms with Crippen molar-refractivity contribution in [2.75, 3.05) is 0 Å².